The molecule has 2 atom stereocenters. The molecule has 3 N–H and O–H groups in total. The summed E-state index contributed by atoms with van der Waals surface area (Å²) in [5.74, 6) is -0.0306. The minimum absolute atomic E-state index is 0.00882. The van der Waals surface area contributed by atoms with Crippen molar-refractivity contribution >= 4 is 11.9 Å². The summed E-state index contributed by atoms with van der Waals surface area (Å²) in [6.07, 6.45) is 50.8. The molecule has 0 saturated carbocycles. The van der Waals surface area contributed by atoms with Crippen molar-refractivity contribution in [2.45, 2.75) is 296 Å². The first-order valence-corrected chi connectivity index (χ1v) is 25.3. The van der Waals surface area contributed by atoms with Crippen LogP contribution in [-0.2, 0) is 14.3 Å². The number of carbonyl (C=O) groups is 2. The van der Waals surface area contributed by atoms with Crippen LogP contribution in [0.3, 0.4) is 0 Å². The predicted molar refractivity (Wildman–Crippen MR) is 241 cm³/mol. The topological polar surface area (TPSA) is 95.9 Å². The van der Waals surface area contributed by atoms with Gasteiger partial charge in [0.1, 0.15) is 0 Å². The Kier molecular flexibility index (Phi) is 45.6. The van der Waals surface area contributed by atoms with Crippen LogP contribution in [0.2, 0.25) is 0 Å². The van der Waals surface area contributed by atoms with E-state index in [2.05, 4.69) is 19.2 Å². The van der Waals surface area contributed by atoms with E-state index in [0.29, 0.717) is 25.9 Å². The van der Waals surface area contributed by atoms with Gasteiger partial charge in [0.2, 0.25) is 5.91 Å². The molecular formula is C50H99NO5. The molecule has 0 aliphatic heterocycles. The normalized spacial score (nSPS) is 12.6. The van der Waals surface area contributed by atoms with Gasteiger partial charge in [-0.25, -0.2) is 0 Å². The van der Waals surface area contributed by atoms with E-state index in [-0.39, 0.29) is 18.5 Å². The molecule has 0 aliphatic carbocycles. The zero-order valence-corrected chi connectivity index (χ0v) is 37.9. The van der Waals surface area contributed by atoms with Gasteiger partial charge in [-0.2, -0.15) is 0 Å². The van der Waals surface area contributed by atoms with Crippen molar-refractivity contribution in [2.24, 2.45) is 0 Å². The molecule has 6 nitrogen and oxygen atoms in total. The fraction of sp³-hybridized carbons (Fsp3) is 0.960. The van der Waals surface area contributed by atoms with Gasteiger partial charge in [-0.05, 0) is 25.7 Å². The average molecular weight is 794 g/mol. The Hall–Kier alpha value is -1.14. The number of esters is 1. The Morgan fingerprint density at radius 1 is 0.429 bits per heavy atom. The standard InChI is InChI=1S/C50H99NO5/c1-3-5-7-9-11-13-23-28-32-36-40-44-50(55)56-45-41-37-33-29-25-22-20-18-16-14-15-17-19-21-24-27-31-35-39-43-49(54)51-47(46-52)48(53)42-38-34-30-26-12-10-8-6-4-2/h47-48,52-53H,3-46H2,1-2H3,(H,51,54). The number of unbranched alkanes of at least 4 members (excludes halogenated alkanes) is 36. The smallest absolute Gasteiger partial charge is 0.305 e. The lowest BCUT2D eigenvalue weighted by Gasteiger charge is -2.22. The van der Waals surface area contributed by atoms with E-state index in [0.717, 1.165) is 38.5 Å². The number of hydrogen-bond acceptors (Lipinski definition) is 5. The van der Waals surface area contributed by atoms with Crippen LogP contribution < -0.4 is 5.32 Å². The highest BCUT2D eigenvalue weighted by Crippen LogP contribution is 2.17. The van der Waals surface area contributed by atoms with Crippen molar-refractivity contribution in [2.75, 3.05) is 13.2 Å². The van der Waals surface area contributed by atoms with Crippen molar-refractivity contribution in [3.63, 3.8) is 0 Å². The predicted octanol–water partition coefficient (Wildman–Crippen LogP) is 14.8. The average Bonchev–Trinajstić information content (AvgIpc) is 3.20. The molecule has 0 aliphatic rings. The van der Waals surface area contributed by atoms with Gasteiger partial charge in [0.05, 0.1) is 25.4 Å². The molecule has 56 heavy (non-hydrogen) atoms. The van der Waals surface area contributed by atoms with Crippen LogP contribution in [0.5, 0.6) is 0 Å². The van der Waals surface area contributed by atoms with Crippen molar-refractivity contribution in [3.05, 3.63) is 0 Å². The van der Waals surface area contributed by atoms with Crippen molar-refractivity contribution < 1.29 is 24.5 Å². The molecular weight excluding hydrogens is 695 g/mol. The minimum Gasteiger partial charge on any atom is -0.466 e. The number of amides is 1. The van der Waals surface area contributed by atoms with E-state index in [9.17, 15) is 19.8 Å². The molecule has 0 spiro atoms. The molecule has 0 bridgehead atoms. The molecule has 2 unspecified atom stereocenters. The Labute approximate surface area is 349 Å². The minimum atomic E-state index is -0.662. The third kappa shape index (κ3) is 42.5. The molecule has 0 aromatic rings. The lowest BCUT2D eigenvalue weighted by Crippen LogP contribution is -2.45. The van der Waals surface area contributed by atoms with Crippen LogP contribution in [0.15, 0.2) is 0 Å². The summed E-state index contributed by atoms with van der Waals surface area (Å²) in [7, 11) is 0. The number of ether oxygens (including phenoxy) is 1. The summed E-state index contributed by atoms with van der Waals surface area (Å²) in [4.78, 5) is 24.3. The van der Waals surface area contributed by atoms with Crippen LogP contribution in [0.25, 0.3) is 0 Å². The summed E-state index contributed by atoms with van der Waals surface area (Å²) in [6.45, 7) is 4.93. The maximum absolute atomic E-state index is 12.4. The fourth-order valence-corrected chi connectivity index (χ4v) is 7.99. The largest absolute Gasteiger partial charge is 0.466 e. The van der Waals surface area contributed by atoms with E-state index in [1.807, 2.05) is 0 Å². The van der Waals surface area contributed by atoms with Crippen LogP contribution in [0, 0.1) is 0 Å². The maximum Gasteiger partial charge on any atom is 0.305 e. The first kappa shape index (κ1) is 54.9. The quantitative estimate of drug-likeness (QED) is 0.0421. The Morgan fingerprint density at radius 3 is 1.09 bits per heavy atom. The van der Waals surface area contributed by atoms with Gasteiger partial charge in [-0.3, -0.25) is 9.59 Å². The molecule has 0 rings (SSSR count). The molecule has 6 heteroatoms. The fourth-order valence-electron chi connectivity index (χ4n) is 7.99. The van der Waals surface area contributed by atoms with E-state index >= 15 is 0 Å². The zero-order chi connectivity index (χ0) is 40.8. The number of aliphatic hydroxyl groups excluding tert-OH is 2. The lowest BCUT2D eigenvalue weighted by molar-refractivity contribution is -0.143. The first-order chi connectivity index (χ1) is 27.5. The Morgan fingerprint density at radius 2 is 0.732 bits per heavy atom. The Balaban J connectivity index is 3.36. The zero-order valence-electron chi connectivity index (χ0n) is 37.9. The Bertz CT molecular complexity index is 791. The number of carbonyl (C=O) groups excluding carboxylic acids is 2. The molecule has 0 saturated heterocycles. The van der Waals surface area contributed by atoms with E-state index in [1.54, 1.807) is 0 Å². The summed E-state index contributed by atoms with van der Waals surface area (Å²) >= 11 is 0. The van der Waals surface area contributed by atoms with Gasteiger partial charge in [0, 0.05) is 12.8 Å². The van der Waals surface area contributed by atoms with Crippen LogP contribution in [-0.4, -0.2) is 47.4 Å². The van der Waals surface area contributed by atoms with Gasteiger partial charge >= 0.3 is 5.97 Å². The van der Waals surface area contributed by atoms with Crippen LogP contribution in [0.1, 0.15) is 284 Å². The molecule has 334 valence electrons. The van der Waals surface area contributed by atoms with E-state index in [1.165, 1.54) is 212 Å². The number of nitrogens with one attached hydrogen (secondary N) is 1. The second-order valence-electron chi connectivity index (χ2n) is 17.5. The monoisotopic (exact) mass is 794 g/mol. The SMILES string of the molecule is CCCCCCCCCCCCCC(=O)OCCCCCCCCCCCCCCCCCCCCCC(=O)NC(CO)C(O)CCCCCCCCCCC. The van der Waals surface area contributed by atoms with Gasteiger partial charge in [0.15, 0.2) is 0 Å². The van der Waals surface area contributed by atoms with E-state index < -0.39 is 12.1 Å². The van der Waals surface area contributed by atoms with Crippen molar-refractivity contribution in [1.82, 2.24) is 5.32 Å². The van der Waals surface area contributed by atoms with Gasteiger partial charge in [-0.15, -0.1) is 0 Å². The van der Waals surface area contributed by atoms with Crippen molar-refractivity contribution in [3.8, 4) is 0 Å². The maximum atomic E-state index is 12.4. The molecule has 1 amide bonds. The highest BCUT2D eigenvalue weighted by Gasteiger charge is 2.20. The third-order valence-corrected chi connectivity index (χ3v) is 11.9. The lowest BCUT2D eigenvalue weighted by atomic mass is 10.0. The molecule has 0 aromatic heterocycles. The number of aliphatic hydroxyl groups is 2. The number of hydrogen-bond donors (Lipinski definition) is 3. The van der Waals surface area contributed by atoms with Gasteiger partial charge in [0.25, 0.3) is 0 Å². The summed E-state index contributed by atoms with van der Waals surface area (Å²) in [5, 5.41) is 23.1. The summed E-state index contributed by atoms with van der Waals surface area (Å²) < 4.78 is 5.45. The highest BCUT2D eigenvalue weighted by molar-refractivity contribution is 5.76. The molecule has 0 fully saturated rings. The first-order valence-electron chi connectivity index (χ1n) is 25.3. The molecule has 0 heterocycles. The van der Waals surface area contributed by atoms with Crippen LogP contribution in [0.4, 0.5) is 0 Å². The van der Waals surface area contributed by atoms with Crippen molar-refractivity contribution in [1.29, 1.82) is 0 Å². The van der Waals surface area contributed by atoms with Gasteiger partial charge < -0.3 is 20.3 Å². The van der Waals surface area contributed by atoms with E-state index in [4.69, 9.17) is 4.74 Å². The van der Waals surface area contributed by atoms with Gasteiger partial charge in [-0.1, -0.05) is 245 Å². The molecule has 0 radical (unpaired) electrons. The second kappa shape index (κ2) is 46.5. The third-order valence-electron chi connectivity index (χ3n) is 11.9. The number of rotatable bonds is 47. The second-order valence-corrected chi connectivity index (χ2v) is 17.5. The summed E-state index contributed by atoms with van der Waals surface area (Å²) in [6, 6.07) is -0.539. The summed E-state index contributed by atoms with van der Waals surface area (Å²) in [5.41, 5.74) is 0. The highest BCUT2D eigenvalue weighted by atomic mass is 16.5. The van der Waals surface area contributed by atoms with Crippen LogP contribution >= 0.6 is 0 Å². The molecule has 0 aromatic carbocycles.